The molecule has 0 radical (unpaired) electrons. The van der Waals surface area contributed by atoms with E-state index in [-0.39, 0.29) is 5.69 Å². The average molecular weight is 316 g/mol. The van der Waals surface area contributed by atoms with E-state index in [9.17, 15) is 9.90 Å². The zero-order valence-corrected chi connectivity index (χ0v) is 13.2. The number of thiazole rings is 1. The van der Waals surface area contributed by atoms with Crippen molar-refractivity contribution in [1.82, 2.24) is 9.38 Å². The highest BCUT2D eigenvalue weighted by atomic mass is 32.1. The van der Waals surface area contributed by atoms with E-state index in [0.29, 0.717) is 17.1 Å². The Morgan fingerprint density at radius 2 is 2.09 bits per heavy atom. The molecule has 114 valence electrons. The summed E-state index contributed by atoms with van der Waals surface area (Å²) in [6.45, 7) is 2.02. The summed E-state index contributed by atoms with van der Waals surface area (Å²) in [6, 6.07) is 7.57. The van der Waals surface area contributed by atoms with Gasteiger partial charge < -0.3 is 9.84 Å². The Morgan fingerprint density at radius 3 is 2.68 bits per heavy atom. The van der Waals surface area contributed by atoms with Crippen LogP contribution in [0.4, 0.5) is 0 Å². The van der Waals surface area contributed by atoms with Crippen LogP contribution in [0.2, 0.25) is 0 Å². The summed E-state index contributed by atoms with van der Waals surface area (Å²) in [4.78, 5) is 16.9. The molecule has 0 amide bonds. The van der Waals surface area contributed by atoms with Crippen LogP contribution in [0.3, 0.4) is 0 Å². The third-order valence-electron chi connectivity index (χ3n) is 3.51. The molecule has 0 saturated heterocycles. The molecule has 0 bridgehead atoms. The molecule has 2 heterocycles. The topological polar surface area (TPSA) is 63.8 Å². The van der Waals surface area contributed by atoms with Crippen molar-refractivity contribution in [3.8, 4) is 17.0 Å². The van der Waals surface area contributed by atoms with E-state index in [4.69, 9.17) is 4.74 Å². The number of imidazole rings is 1. The Hall–Kier alpha value is -2.34. The number of aromatic carboxylic acids is 1. The first-order chi connectivity index (χ1) is 10.7. The monoisotopic (exact) mass is 316 g/mol. The van der Waals surface area contributed by atoms with Crippen molar-refractivity contribution in [3.05, 3.63) is 41.0 Å². The molecule has 0 unspecified atom stereocenters. The van der Waals surface area contributed by atoms with Crippen molar-refractivity contribution in [2.75, 3.05) is 7.11 Å². The van der Waals surface area contributed by atoms with Crippen molar-refractivity contribution in [3.63, 3.8) is 0 Å². The van der Waals surface area contributed by atoms with Crippen molar-refractivity contribution in [2.45, 2.75) is 19.8 Å². The molecule has 2 aromatic heterocycles. The maximum absolute atomic E-state index is 11.7. The molecular weight excluding hydrogens is 300 g/mol. The van der Waals surface area contributed by atoms with Crippen LogP contribution in [0.1, 0.15) is 29.5 Å². The molecule has 0 fully saturated rings. The first-order valence-corrected chi connectivity index (χ1v) is 7.90. The molecule has 5 nitrogen and oxygen atoms in total. The van der Waals surface area contributed by atoms with E-state index in [1.165, 1.54) is 11.3 Å². The number of nitrogens with zero attached hydrogens (tertiary/aromatic N) is 2. The zero-order chi connectivity index (χ0) is 15.7. The maximum Gasteiger partial charge on any atom is 0.354 e. The number of hydrogen-bond donors (Lipinski definition) is 1. The molecule has 22 heavy (non-hydrogen) atoms. The Kier molecular flexibility index (Phi) is 3.85. The van der Waals surface area contributed by atoms with Crippen LogP contribution in [0.15, 0.2) is 29.6 Å². The van der Waals surface area contributed by atoms with Gasteiger partial charge in [-0.3, -0.25) is 4.40 Å². The number of carboxylic acid groups (broad SMARTS) is 1. The van der Waals surface area contributed by atoms with Crippen molar-refractivity contribution < 1.29 is 14.6 Å². The predicted octanol–water partition coefficient (Wildman–Crippen LogP) is 3.72. The van der Waals surface area contributed by atoms with Gasteiger partial charge in [-0.05, 0) is 36.2 Å². The fraction of sp³-hybridized carbons (Fsp3) is 0.250. The van der Waals surface area contributed by atoms with Gasteiger partial charge in [0.2, 0.25) is 0 Å². The highest BCUT2D eigenvalue weighted by Crippen LogP contribution is 2.30. The Balaban J connectivity index is 2.19. The molecule has 3 aromatic rings. The number of ether oxygens (including phenoxy) is 1. The zero-order valence-electron chi connectivity index (χ0n) is 12.4. The number of hydrogen-bond acceptors (Lipinski definition) is 4. The van der Waals surface area contributed by atoms with Crippen LogP contribution in [-0.2, 0) is 6.42 Å². The van der Waals surface area contributed by atoms with E-state index in [2.05, 4.69) is 4.98 Å². The average Bonchev–Trinajstić information content (AvgIpc) is 3.06. The molecule has 0 spiro atoms. The molecule has 1 aromatic carbocycles. The number of benzene rings is 1. The second-order valence-electron chi connectivity index (χ2n) is 4.93. The Morgan fingerprint density at radius 1 is 1.36 bits per heavy atom. The fourth-order valence-electron chi connectivity index (χ4n) is 2.50. The number of fused-ring (bicyclic) bond motifs is 1. The second-order valence-corrected chi connectivity index (χ2v) is 5.77. The van der Waals surface area contributed by atoms with Gasteiger partial charge in [0.25, 0.3) is 0 Å². The largest absolute Gasteiger partial charge is 0.497 e. The van der Waals surface area contributed by atoms with Gasteiger partial charge in [-0.25, -0.2) is 9.78 Å². The highest BCUT2D eigenvalue weighted by Gasteiger charge is 2.22. The maximum atomic E-state index is 11.7. The second kappa shape index (κ2) is 5.81. The minimum atomic E-state index is -0.941. The van der Waals surface area contributed by atoms with Gasteiger partial charge in [-0.1, -0.05) is 13.3 Å². The molecule has 6 heteroatoms. The van der Waals surface area contributed by atoms with Crippen LogP contribution in [0.5, 0.6) is 5.75 Å². The lowest BCUT2D eigenvalue weighted by Crippen LogP contribution is -2.06. The van der Waals surface area contributed by atoms with Crippen LogP contribution in [-0.4, -0.2) is 27.6 Å². The quantitative estimate of drug-likeness (QED) is 0.779. The number of methoxy groups -OCH3 is 1. The van der Waals surface area contributed by atoms with Gasteiger partial charge in [-0.2, -0.15) is 0 Å². The number of rotatable bonds is 5. The van der Waals surface area contributed by atoms with Gasteiger partial charge >= 0.3 is 5.97 Å². The summed E-state index contributed by atoms with van der Waals surface area (Å²) in [7, 11) is 1.62. The van der Waals surface area contributed by atoms with E-state index in [1.54, 1.807) is 11.5 Å². The summed E-state index contributed by atoms with van der Waals surface area (Å²) < 4.78 is 6.90. The summed E-state index contributed by atoms with van der Waals surface area (Å²) in [5, 5.41) is 11.5. The SMILES string of the molecule is CCCc1nc2scc(-c3ccc(OC)cc3)n2c1C(=O)O. The van der Waals surface area contributed by atoms with Crippen molar-refractivity contribution in [2.24, 2.45) is 0 Å². The van der Waals surface area contributed by atoms with E-state index in [0.717, 1.165) is 23.4 Å². The molecule has 0 aliphatic heterocycles. The van der Waals surface area contributed by atoms with Gasteiger partial charge in [0.1, 0.15) is 5.75 Å². The summed E-state index contributed by atoms with van der Waals surface area (Å²) in [5.41, 5.74) is 2.70. The molecular formula is C16H16N2O3S. The number of carbonyl (C=O) groups is 1. The van der Waals surface area contributed by atoms with Gasteiger partial charge in [0, 0.05) is 5.38 Å². The van der Waals surface area contributed by atoms with Crippen LogP contribution >= 0.6 is 11.3 Å². The Bertz CT molecular complexity index is 818. The standard InChI is InChI=1S/C16H16N2O3S/c1-3-4-12-14(15(19)20)18-13(9-22-16(18)17-12)10-5-7-11(21-2)8-6-10/h5-9H,3-4H2,1-2H3,(H,19,20). The predicted molar refractivity (Wildman–Crippen MR) is 86.0 cm³/mol. The molecule has 0 atom stereocenters. The smallest absolute Gasteiger partial charge is 0.354 e. The first-order valence-electron chi connectivity index (χ1n) is 7.02. The van der Waals surface area contributed by atoms with Crippen LogP contribution < -0.4 is 4.74 Å². The van der Waals surface area contributed by atoms with E-state index < -0.39 is 5.97 Å². The lowest BCUT2D eigenvalue weighted by atomic mass is 10.1. The van der Waals surface area contributed by atoms with E-state index >= 15 is 0 Å². The normalized spacial score (nSPS) is 11.0. The van der Waals surface area contributed by atoms with E-state index in [1.807, 2.05) is 36.6 Å². The highest BCUT2D eigenvalue weighted by molar-refractivity contribution is 7.15. The minimum Gasteiger partial charge on any atom is -0.497 e. The third kappa shape index (κ3) is 2.35. The Labute approximate surface area is 131 Å². The summed E-state index contributed by atoms with van der Waals surface area (Å²) in [5.74, 6) is -0.171. The summed E-state index contributed by atoms with van der Waals surface area (Å²) >= 11 is 1.45. The third-order valence-corrected chi connectivity index (χ3v) is 4.34. The lowest BCUT2D eigenvalue weighted by molar-refractivity contribution is 0.0688. The van der Waals surface area contributed by atoms with Crippen molar-refractivity contribution in [1.29, 1.82) is 0 Å². The number of aryl methyl sites for hydroxylation is 1. The summed E-state index contributed by atoms with van der Waals surface area (Å²) in [6.07, 6.45) is 1.53. The van der Waals surface area contributed by atoms with Gasteiger partial charge in [0.05, 0.1) is 18.5 Å². The van der Waals surface area contributed by atoms with Gasteiger partial charge in [-0.15, -0.1) is 11.3 Å². The molecule has 1 N–H and O–H groups in total. The molecule has 0 saturated carbocycles. The fourth-order valence-corrected chi connectivity index (χ4v) is 3.41. The van der Waals surface area contributed by atoms with Crippen LogP contribution in [0, 0.1) is 0 Å². The molecule has 0 aliphatic rings. The lowest BCUT2D eigenvalue weighted by Gasteiger charge is -2.05. The molecule has 0 aliphatic carbocycles. The number of carboxylic acids is 1. The first kappa shape index (κ1) is 14.6. The van der Waals surface area contributed by atoms with Crippen LogP contribution in [0.25, 0.3) is 16.2 Å². The minimum absolute atomic E-state index is 0.268. The molecule has 3 rings (SSSR count). The van der Waals surface area contributed by atoms with Crippen molar-refractivity contribution >= 4 is 22.3 Å². The van der Waals surface area contributed by atoms with Gasteiger partial charge in [0.15, 0.2) is 10.7 Å². The number of aromatic nitrogens is 2.